The highest BCUT2D eigenvalue weighted by Crippen LogP contribution is 2.19. The number of hydrogen-bond donors (Lipinski definition) is 2. The Bertz CT molecular complexity index is 341. The average molecular weight is 243 g/mol. The molecule has 1 unspecified atom stereocenters. The van der Waals surface area contributed by atoms with Gasteiger partial charge in [0, 0.05) is 6.42 Å². The zero-order valence-corrected chi connectivity index (χ0v) is 10.4. The molecule has 0 spiro atoms. The minimum Gasteiger partial charge on any atom is -0.480 e. The van der Waals surface area contributed by atoms with Crippen LogP contribution >= 0.6 is 11.8 Å². The molecule has 2 N–H and O–H groups in total. The number of nitrogens with one attached hydrogen (secondary N) is 1. The number of carboxylic acids is 1. The summed E-state index contributed by atoms with van der Waals surface area (Å²) in [5.41, 5.74) is 0. The van der Waals surface area contributed by atoms with E-state index in [0.717, 1.165) is 30.4 Å². The van der Waals surface area contributed by atoms with Crippen molar-refractivity contribution in [2.75, 3.05) is 0 Å². The molecular weight excluding hydrogens is 226 g/mol. The molecule has 1 rings (SSSR count). The molecule has 0 fully saturated rings. The van der Waals surface area contributed by atoms with E-state index in [9.17, 15) is 4.79 Å². The largest absolute Gasteiger partial charge is 0.480 e. The predicted molar refractivity (Wildman–Crippen MR) is 62.6 cm³/mol. The number of carbonyl (C=O) groups is 1. The minimum atomic E-state index is -0.845. The van der Waals surface area contributed by atoms with Gasteiger partial charge in [0.1, 0.15) is 11.1 Å². The maximum absolute atomic E-state index is 10.6. The van der Waals surface area contributed by atoms with Gasteiger partial charge in [0.05, 0.1) is 0 Å². The number of hydrogen-bond acceptors (Lipinski definition) is 4. The van der Waals surface area contributed by atoms with Gasteiger partial charge in [-0.1, -0.05) is 31.5 Å². The molecule has 5 nitrogen and oxygen atoms in total. The van der Waals surface area contributed by atoms with E-state index in [-0.39, 0.29) is 0 Å². The number of thioether (sulfide) groups is 1. The van der Waals surface area contributed by atoms with Gasteiger partial charge in [0.25, 0.3) is 0 Å². The zero-order chi connectivity index (χ0) is 12.0. The molecule has 1 atom stereocenters. The van der Waals surface area contributed by atoms with E-state index >= 15 is 0 Å². The Morgan fingerprint density at radius 2 is 2.31 bits per heavy atom. The van der Waals surface area contributed by atoms with Gasteiger partial charge in [0.2, 0.25) is 5.16 Å². The van der Waals surface area contributed by atoms with Gasteiger partial charge in [-0.25, -0.2) is 4.98 Å². The summed E-state index contributed by atoms with van der Waals surface area (Å²) < 4.78 is 0. The van der Waals surface area contributed by atoms with Crippen molar-refractivity contribution in [1.82, 2.24) is 15.2 Å². The van der Waals surface area contributed by atoms with Crippen LogP contribution in [0.25, 0.3) is 0 Å². The van der Waals surface area contributed by atoms with Crippen LogP contribution in [0.4, 0.5) is 0 Å². The third-order valence-corrected chi connectivity index (χ3v) is 3.11. The van der Waals surface area contributed by atoms with Crippen molar-refractivity contribution in [1.29, 1.82) is 0 Å². The van der Waals surface area contributed by atoms with Gasteiger partial charge in [0.15, 0.2) is 0 Å². The van der Waals surface area contributed by atoms with Crippen LogP contribution in [0, 0.1) is 0 Å². The van der Waals surface area contributed by atoms with Gasteiger partial charge < -0.3 is 5.11 Å². The molecule has 1 aromatic heterocycles. The molecule has 0 amide bonds. The average Bonchev–Trinajstić information content (AvgIpc) is 2.66. The summed E-state index contributed by atoms with van der Waals surface area (Å²) in [5.74, 6) is -0.00382. The lowest BCUT2D eigenvalue weighted by atomic mass is 10.2. The van der Waals surface area contributed by atoms with Gasteiger partial charge in [-0.15, -0.1) is 5.10 Å². The van der Waals surface area contributed by atoms with E-state index in [2.05, 4.69) is 22.1 Å². The fraction of sp³-hybridized carbons (Fsp3) is 0.700. The SMILES string of the molecule is CCCCCc1nc(SC(C)C(=O)O)n[nH]1. The summed E-state index contributed by atoms with van der Waals surface area (Å²) in [4.78, 5) is 14.9. The molecule has 0 aliphatic rings. The molecule has 0 saturated carbocycles. The van der Waals surface area contributed by atoms with Crippen LogP contribution in [0.1, 0.15) is 38.9 Å². The Labute approximate surface area is 99.0 Å². The minimum absolute atomic E-state index is 0.515. The molecule has 1 heterocycles. The number of rotatable bonds is 7. The van der Waals surface area contributed by atoms with E-state index in [1.165, 1.54) is 12.8 Å². The summed E-state index contributed by atoms with van der Waals surface area (Å²) in [5, 5.41) is 15.6. The molecule has 0 aromatic carbocycles. The van der Waals surface area contributed by atoms with Crippen LogP contribution in [0.15, 0.2) is 5.16 Å². The summed E-state index contributed by atoms with van der Waals surface area (Å²) in [7, 11) is 0. The van der Waals surface area contributed by atoms with Gasteiger partial charge in [-0.05, 0) is 13.3 Å². The standard InChI is InChI=1S/C10H17N3O2S/c1-3-4-5-6-8-11-10(13-12-8)16-7(2)9(14)15/h7H,3-6H2,1-2H3,(H,14,15)(H,11,12,13). The third-order valence-electron chi connectivity index (χ3n) is 2.16. The molecule has 0 aliphatic carbocycles. The molecule has 0 saturated heterocycles. The van der Waals surface area contributed by atoms with Crippen molar-refractivity contribution in [3.05, 3.63) is 5.82 Å². The summed E-state index contributed by atoms with van der Waals surface area (Å²) in [6, 6.07) is 0. The molecule has 1 aromatic rings. The monoisotopic (exact) mass is 243 g/mol. The van der Waals surface area contributed by atoms with Crippen molar-refractivity contribution in [3.8, 4) is 0 Å². The van der Waals surface area contributed by atoms with Crippen LogP contribution in [-0.4, -0.2) is 31.5 Å². The number of aromatic amines is 1. The van der Waals surface area contributed by atoms with Crippen LogP contribution < -0.4 is 0 Å². The van der Waals surface area contributed by atoms with Crippen molar-refractivity contribution in [2.45, 2.75) is 49.9 Å². The number of aliphatic carboxylic acids is 1. The fourth-order valence-electron chi connectivity index (χ4n) is 1.19. The second kappa shape index (κ2) is 6.52. The molecular formula is C10H17N3O2S. The normalized spacial score (nSPS) is 12.6. The van der Waals surface area contributed by atoms with Crippen molar-refractivity contribution in [3.63, 3.8) is 0 Å². The Morgan fingerprint density at radius 3 is 2.94 bits per heavy atom. The second-order valence-corrected chi connectivity index (χ2v) is 4.93. The quantitative estimate of drug-likeness (QED) is 0.566. The van der Waals surface area contributed by atoms with E-state index in [4.69, 9.17) is 5.11 Å². The Morgan fingerprint density at radius 1 is 1.56 bits per heavy atom. The Balaban J connectivity index is 2.42. The molecule has 16 heavy (non-hydrogen) atoms. The van der Waals surface area contributed by atoms with Crippen LogP contribution in [0.2, 0.25) is 0 Å². The smallest absolute Gasteiger partial charge is 0.316 e. The van der Waals surface area contributed by atoms with Crippen LogP contribution in [-0.2, 0) is 11.2 Å². The van der Waals surface area contributed by atoms with Gasteiger partial charge >= 0.3 is 5.97 Å². The summed E-state index contributed by atoms with van der Waals surface area (Å²) in [6.07, 6.45) is 4.31. The topological polar surface area (TPSA) is 78.9 Å². The maximum Gasteiger partial charge on any atom is 0.316 e. The number of aromatic nitrogens is 3. The van der Waals surface area contributed by atoms with E-state index < -0.39 is 11.2 Å². The molecule has 6 heteroatoms. The lowest BCUT2D eigenvalue weighted by molar-refractivity contribution is -0.136. The number of carboxylic acid groups (broad SMARTS) is 1. The highest BCUT2D eigenvalue weighted by Gasteiger charge is 2.15. The van der Waals surface area contributed by atoms with Crippen molar-refractivity contribution >= 4 is 17.7 Å². The first-order valence-corrected chi connectivity index (χ1v) is 6.32. The van der Waals surface area contributed by atoms with Crippen LogP contribution in [0.3, 0.4) is 0 Å². The first-order valence-electron chi connectivity index (χ1n) is 5.44. The lowest BCUT2D eigenvalue weighted by Crippen LogP contribution is -2.11. The molecule has 0 radical (unpaired) electrons. The van der Waals surface area contributed by atoms with Gasteiger partial charge in [-0.3, -0.25) is 9.89 Å². The number of unbranched alkanes of at least 4 members (excludes halogenated alkanes) is 2. The highest BCUT2D eigenvalue weighted by atomic mass is 32.2. The number of aryl methyl sites for hydroxylation is 1. The maximum atomic E-state index is 10.6. The van der Waals surface area contributed by atoms with Crippen molar-refractivity contribution in [2.24, 2.45) is 0 Å². The van der Waals surface area contributed by atoms with Crippen molar-refractivity contribution < 1.29 is 9.90 Å². The van der Waals surface area contributed by atoms with Crippen LogP contribution in [0.5, 0.6) is 0 Å². The van der Waals surface area contributed by atoms with E-state index in [0.29, 0.717) is 5.16 Å². The van der Waals surface area contributed by atoms with E-state index in [1.54, 1.807) is 6.92 Å². The molecule has 0 aliphatic heterocycles. The number of H-pyrrole nitrogens is 1. The first kappa shape index (κ1) is 13.0. The molecule has 0 bridgehead atoms. The second-order valence-electron chi connectivity index (χ2n) is 3.62. The lowest BCUT2D eigenvalue weighted by Gasteiger charge is -1.99. The van der Waals surface area contributed by atoms with E-state index in [1.807, 2.05) is 0 Å². The third kappa shape index (κ3) is 4.22. The zero-order valence-electron chi connectivity index (χ0n) is 9.56. The Hall–Kier alpha value is -1.04. The summed E-state index contributed by atoms with van der Waals surface area (Å²) in [6.45, 7) is 3.77. The first-order chi connectivity index (χ1) is 7.63. The Kier molecular flexibility index (Phi) is 5.31. The predicted octanol–water partition coefficient (Wildman–Crippen LogP) is 2.10. The van der Waals surface area contributed by atoms with Gasteiger partial charge in [-0.2, -0.15) is 0 Å². The molecule has 90 valence electrons. The summed E-state index contributed by atoms with van der Waals surface area (Å²) >= 11 is 1.16. The fourth-order valence-corrected chi connectivity index (χ4v) is 1.87. The highest BCUT2D eigenvalue weighted by molar-refractivity contribution is 8.00. The number of nitrogens with zero attached hydrogens (tertiary/aromatic N) is 2.